The summed E-state index contributed by atoms with van der Waals surface area (Å²) >= 11 is 0. The van der Waals surface area contributed by atoms with E-state index in [0.717, 1.165) is 35.8 Å². The molecule has 3 rings (SSSR count). The Morgan fingerprint density at radius 2 is 1.30 bits per heavy atom. The van der Waals surface area contributed by atoms with Crippen LogP contribution in [0.15, 0.2) is 97.1 Å². The van der Waals surface area contributed by atoms with Crippen molar-refractivity contribution in [2.45, 2.75) is 47.5 Å². The average molecular weight is 587 g/mol. The van der Waals surface area contributed by atoms with E-state index in [1.807, 2.05) is 56.3 Å². The van der Waals surface area contributed by atoms with Gasteiger partial charge in [-0.1, -0.05) is 56.3 Å². The van der Waals surface area contributed by atoms with Crippen molar-refractivity contribution in [3.05, 3.63) is 97.1 Å². The van der Waals surface area contributed by atoms with Gasteiger partial charge in [0.1, 0.15) is 29.3 Å². The van der Waals surface area contributed by atoms with E-state index < -0.39 is 5.97 Å². The van der Waals surface area contributed by atoms with Gasteiger partial charge in [0, 0.05) is 5.57 Å². The molecule has 0 amide bonds. The fraction of sp³-hybridized carbons (Fsp3) is 0.250. The third-order valence-electron chi connectivity index (χ3n) is 5.32. The minimum atomic E-state index is -0.527. The topological polar surface area (TPSA) is 88.1 Å². The van der Waals surface area contributed by atoms with Crippen LogP contribution in [0.4, 0.5) is 0 Å². The first kappa shape index (κ1) is 36.1. The Kier molecular flexibility index (Phi) is 16.2. The number of hydrogen-bond donors (Lipinski definition) is 0. The lowest BCUT2D eigenvalue weighted by Crippen LogP contribution is -2.10. The van der Waals surface area contributed by atoms with Crippen molar-refractivity contribution in [2.75, 3.05) is 13.7 Å². The van der Waals surface area contributed by atoms with Gasteiger partial charge in [0.05, 0.1) is 19.3 Å². The second kappa shape index (κ2) is 19.3. The second-order valence-electron chi connectivity index (χ2n) is 9.86. The maximum Gasteiger partial charge on any atom is 0.338 e. The molecule has 43 heavy (non-hydrogen) atoms. The first-order valence-electron chi connectivity index (χ1n) is 13.7. The zero-order valence-electron chi connectivity index (χ0n) is 26.0. The minimum absolute atomic E-state index is 0.287. The van der Waals surface area contributed by atoms with E-state index in [1.165, 1.54) is 5.57 Å². The quantitative estimate of drug-likeness (QED) is 0.0524. The third-order valence-corrected chi connectivity index (χ3v) is 5.32. The molecular weight excluding hydrogens is 544 g/mol. The van der Waals surface area contributed by atoms with Crippen LogP contribution < -0.4 is 18.9 Å². The summed E-state index contributed by atoms with van der Waals surface area (Å²) in [6.07, 6.45) is 2.58. The van der Waals surface area contributed by atoms with Crippen molar-refractivity contribution in [1.82, 2.24) is 0 Å². The molecule has 0 aliphatic rings. The molecule has 3 aromatic rings. The van der Waals surface area contributed by atoms with Crippen LogP contribution in [0.3, 0.4) is 0 Å². The maximum atomic E-state index is 12.5. The van der Waals surface area contributed by atoms with Crippen molar-refractivity contribution in [3.63, 3.8) is 0 Å². The number of ether oxygens (including phenoxy) is 4. The first-order valence-corrected chi connectivity index (χ1v) is 13.7. The molecule has 7 heteroatoms. The Balaban J connectivity index is 0.000000899. The average Bonchev–Trinajstić information content (AvgIpc) is 2.98. The van der Waals surface area contributed by atoms with Crippen molar-refractivity contribution in [2.24, 2.45) is 0 Å². The number of benzene rings is 3. The number of aldehydes is 1. The van der Waals surface area contributed by atoms with E-state index in [4.69, 9.17) is 18.9 Å². The van der Waals surface area contributed by atoms with Crippen molar-refractivity contribution in [3.8, 4) is 45.3 Å². The Bertz CT molecular complexity index is 1380. The fourth-order valence-corrected chi connectivity index (χ4v) is 3.29. The molecule has 0 N–H and O–H groups in total. The van der Waals surface area contributed by atoms with Crippen LogP contribution in [0.25, 0.3) is 22.3 Å². The molecule has 3 aromatic carbocycles. The summed E-state index contributed by atoms with van der Waals surface area (Å²) < 4.78 is 22.1. The van der Waals surface area contributed by atoms with Crippen LogP contribution in [0.1, 0.15) is 47.5 Å². The standard InChI is InChI=1S/C28H28O6.C4H6O.C4H8/c1-5-6-15-32-25-16-22(20-7-13-24(14-8-20)33-18-29)17-26(34-28(30)19(2)3)27(25)21-9-11-23(31-4)12-10-21;1-4(2)3-5;1-4(2)3/h7-14,16-18H,2,5-6,15H2,1,3-4H3;3H,1H2,2H3;1H2,2-3H3. The summed E-state index contributed by atoms with van der Waals surface area (Å²) in [5, 5.41) is 0. The van der Waals surface area contributed by atoms with Gasteiger partial charge >= 0.3 is 5.97 Å². The first-order chi connectivity index (χ1) is 20.5. The van der Waals surface area contributed by atoms with E-state index in [-0.39, 0.29) is 5.57 Å². The van der Waals surface area contributed by atoms with Gasteiger partial charge in [-0.15, -0.1) is 6.58 Å². The fourth-order valence-electron chi connectivity index (χ4n) is 3.29. The second-order valence-corrected chi connectivity index (χ2v) is 9.86. The summed E-state index contributed by atoms with van der Waals surface area (Å²) in [5.41, 5.74) is 5.13. The van der Waals surface area contributed by atoms with E-state index in [2.05, 4.69) is 26.7 Å². The highest BCUT2D eigenvalue weighted by Crippen LogP contribution is 2.43. The maximum absolute atomic E-state index is 12.5. The molecular formula is C36H42O7. The molecule has 0 radical (unpaired) electrons. The zero-order chi connectivity index (χ0) is 32.4. The van der Waals surface area contributed by atoms with Crippen LogP contribution in [0.5, 0.6) is 23.0 Å². The molecule has 0 spiro atoms. The molecule has 0 saturated carbocycles. The van der Waals surface area contributed by atoms with Crippen LogP contribution in [-0.2, 0) is 14.4 Å². The molecule has 0 aliphatic heterocycles. The third kappa shape index (κ3) is 13.1. The summed E-state index contributed by atoms with van der Waals surface area (Å²) in [5.74, 6) is 1.57. The van der Waals surface area contributed by atoms with Gasteiger partial charge in [0.2, 0.25) is 0 Å². The van der Waals surface area contributed by atoms with E-state index >= 15 is 0 Å². The van der Waals surface area contributed by atoms with Gasteiger partial charge in [-0.05, 0) is 92.8 Å². The Morgan fingerprint density at radius 3 is 1.77 bits per heavy atom. The summed E-state index contributed by atoms with van der Waals surface area (Å²) in [4.78, 5) is 32.5. The highest BCUT2D eigenvalue weighted by Gasteiger charge is 2.20. The predicted octanol–water partition coefficient (Wildman–Crippen LogP) is 8.57. The monoisotopic (exact) mass is 586 g/mol. The lowest BCUT2D eigenvalue weighted by atomic mass is 9.97. The molecule has 0 unspecified atom stereocenters. The molecule has 228 valence electrons. The van der Waals surface area contributed by atoms with Gasteiger partial charge in [-0.2, -0.15) is 0 Å². The van der Waals surface area contributed by atoms with Crippen LogP contribution >= 0.6 is 0 Å². The number of carbonyl (C=O) groups is 3. The van der Waals surface area contributed by atoms with Crippen molar-refractivity contribution in [1.29, 1.82) is 0 Å². The molecule has 0 aromatic heterocycles. The van der Waals surface area contributed by atoms with E-state index in [9.17, 15) is 14.4 Å². The number of rotatable bonds is 12. The Hall–Kier alpha value is -4.91. The minimum Gasteiger partial charge on any atom is -0.497 e. The molecule has 7 nitrogen and oxygen atoms in total. The van der Waals surface area contributed by atoms with Gasteiger partial charge in [0.15, 0.2) is 0 Å². The number of unbranched alkanes of at least 4 members (excludes halogenated alkanes) is 1. The normalized spacial score (nSPS) is 9.53. The van der Waals surface area contributed by atoms with Crippen LogP contribution in [0.2, 0.25) is 0 Å². The number of hydrogen-bond acceptors (Lipinski definition) is 7. The van der Waals surface area contributed by atoms with Crippen molar-refractivity contribution < 1.29 is 33.3 Å². The Morgan fingerprint density at radius 1 is 0.791 bits per heavy atom. The number of methoxy groups -OCH3 is 1. The predicted molar refractivity (Wildman–Crippen MR) is 173 cm³/mol. The summed E-state index contributed by atoms with van der Waals surface area (Å²) in [7, 11) is 1.61. The highest BCUT2D eigenvalue weighted by atomic mass is 16.5. The molecule has 0 aliphatic carbocycles. The number of allylic oxidation sites excluding steroid dienone is 2. The van der Waals surface area contributed by atoms with Crippen LogP contribution in [0, 0.1) is 0 Å². The van der Waals surface area contributed by atoms with Gasteiger partial charge in [-0.25, -0.2) is 4.79 Å². The lowest BCUT2D eigenvalue weighted by molar-refractivity contribution is -0.130. The smallest absolute Gasteiger partial charge is 0.338 e. The van der Waals surface area contributed by atoms with Gasteiger partial charge in [0.25, 0.3) is 6.47 Å². The summed E-state index contributed by atoms with van der Waals surface area (Å²) in [6.45, 7) is 20.8. The molecule has 0 atom stereocenters. The SMILES string of the molecule is C=C(C)C.C=C(C)C(=O)Oc1cc(-c2ccc(OC=O)cc2)cc(OCCCC)c1-c1ccc(OC)cc1.C=C(C)C=O. The molecule has 0 bridgehead atoms. The largest absolute Gasteiger partial charge is 0.497 e. The summed E-state index contributed by atoms with van der Waals surface area (Å²) in [6, 6.07) is 18.2. The molecule has 0 fully saturated rings. The number of esters is 1. The van der Waals surface area contributed by atoms with Gasteiger partial charge < -0.3 is 18.9 Å². The highest BCUT2D eigenvalue weighted by molar-refractivity contribution is 5.92. The van der Waals surface area contributed by atoms with Gasteiger partial charge in [-0.3, -0.25) is 9.59 Å². The number of carbonyl (C=O) groups excluding carboxylic acids is 3. The van der Waals surface area contributed by atoms with E-state index in [0.29, 0.717) is 47.2 Å². The van der Waals surface area contributed by atoms with Crippen molar-refractivity contribution >= 4 is 18.7 Å². The molecule has 0 heterocycles. The molecule has 0 saturated heterocycles. The van der Waals surface area contributed by atoms with Crippen LogP contribution in [-0.4, -0.2) is 32.4 Å². The zero-order valence-corrected chi connectivity index (χ0v) is 26.0. The Labute approximate surface area is 255 Å². The van der Waals surface area contributed by atoms with E-state index in [1.54, 1.807) is 39.2 Å². The lowest BCUT2D eigenvalue weighted by Gasteiger charge is -2.18.